The Morgan fingerprint density at radius 2 is 0.571 bits per heavy atom. The monoisotopic (exact) mass is 858 g/mol. The number of hydrogen-bond acceptors (Lipinski definition) is 0. The minimum absolute atomic E-state index is 2.30. The fourth-order valence-corrected chi connectivity index (χ4v) is 0. The predicted octanol–water partition coefficient (Wildman–Crippen LogP) is 5.31. The molecule has 0 bridgehead atoms. The number of rotatable bonds is 0. The van der Waals surface area contributed by atoms with Gasteiger partial charge in [0.05, 0.1) is 0 Å². The summed E-state index contributed by atoms with van der Waals surface area (Å²) >= 11 is 15.4. The van der Waals surface area contributed by atoms with E-state index in [0.29, 0.717) is 0 Å². The first-order valence-electron chi connectivity index (χ1n) is 0.857. The minimum atomic E-state index is -2.30. The van der Waals surface area contributed by atoms with Crippen LogP contribution in [0.25, 0.3) is 0 Å². The molecule has 0 unspecified atom stereocenters. The molecule has 0 rings (SSSR count). The van der Waals surface area contributed by atoms with E-state index in [2.05, 4.69) is 118 Å². The Hall–Kier alpha value is 5.03. The molecule has 0 aliphatic carbocycles. The van der Waals surface area contributed by atoms with Crippen LogP contribution >= 0.6 is 118 Å². The van der Waals surface area contributed by atoms with Gasteiger partial charge in [0.2, 0.25) is 0 Å². The molecule has 7 heavy (non-hydrogen) atoms. The van der Waals surface area contributed by atoms with Crippen molar-refractivity contribution in [2.75, 3.05) is 0 Å². The predicted molar refractivity (Wildman–Crippen MR) is 84.1 cm³/mol. The molecule has 0 aliphatic rings. The summed E-state index contributed by atoms with van der Waals surface area (Å²) in [4.78, 5) is 0. The Morgan fingerprint density at radius 3 is 0.571 bits per heavy atom. The molecule has 0 saturated carbocycles. The van der Waals surface area contributed by atoms with Crippen molar-refractivity contribution in [3.8, 4) is 0 Å². The second-order valence-corrected chi connectivity index (χ2v) is 216. The van der Waals surface area contributed by atoms with E-state index in [1.807, 2.05) is 0 Å². The molecule has 0 aromatic carbocycles. The number of halogens is 6. The van der Waals surface area contributed by atoms with Crippen LogP contribution in [0.4, 0.5) is 0 Å². The van der Waals surface area contributed by atoms with Gasteiger partial charge in [-0.2, -0.15) is 0 Å². The van der Waals surface area contributed by atoms with Crippen LogP contribution in [0.15, 0.2) is 0 Å². The Balaban J connectivity index is 4.43. The molecule has 0 N–H and O–H groups in total. The van der Waals surface area contributed by atoms with Crippen molar-refractivity contribution in [1.29, 1.82) is 0 Å². The molecule has 0 amide bonds. The zero-order chi connectivity index (χ0) is 6.41. The van der Waals surface area contributed by atoms with Gasteiger partial charge in [0.25, 0.3) is 0 Å². The van der Waals surface area contributed by atoms with Gasteiger partial charge < -0.3 is 0 Å². The fraction of sp³-hybridized carbons (Fsp3) is 0. The molecule has 0 heterocycles. The molecule has 0 saturated heterocycles. The molecule has 49 valence electrons. The van der Waals surface area contributed by atoms with Crippen molar-refractivity contribution < 1.29 is -8.61 Å². The molecule has 0 fully saturated rings. The van der Waals surface area contributed by atoms with Gasteiger partial charge in [-0.1, -0.05) is 0 Å². The average molecular weight is 859 g/mol. The molecule has 0 aliphatic heterocycles. The van der Waals surface area contributed by atoms with Gasteiger partial charge in [-0.05, 0) is 0 Å². The van der Waals surface area contributed by atoms with Crippen molar-refractivity contribution in [2.45, 2.75) is 0 Å². The van der Waals surface area contributed by atoms with E-state index in [1.165, 1.54) is 0 Å². The molecule has 0 nitrogen and oxygen atoms in total. The Bertz CT molecular complexity index is 62.7. The Morgan fingerprint density at radius 1 is 0.571 bits per heavy atom. The third-order valence-corrected chi connectivity index (χ3v) is 0. The van der Waals surface area contributed by atoms with Crippen LogP contribution in [-0.4, -0.2) is 0 Å². The third-order valence-electron chi connectivity index (χ3n) is 0. The zero-order valence-electron chi connectivity index (χ0n) is 2.65. The summed E-state index contributed by atoms with van der Waals surface area (Å²) < 4.78 is -2.30. The standard InChI is InChI=1S/6HI.Tc/h6*1H;/q;;;;;;+6/p-6. The average Bonchev–Trinajstić information content (AvgIpc) is 0.592. The van der Waals surface area contributed by atoms with Crippen LogP contribution in [0.3, 0.4) is 0 Å². The van der Waals surface area contributed by atoms with Crippen molar-refractivity contribution in [3.63, 3.8) is 0 Å². The second kappa shape index (κ2) is 2.77. The van der Waals surface area contributed by atoms with E-state index < -0.39 is -8.61 Å². The van der Waals surface area contributed by atoms with E-state index >= 15 is 0 Å². The third kappa shape index (κ3) is 35.5. The normalized spacial score (nSPS) is 23.1. The van der Waals surface area contributed by atoms with Crippen LogP contribution in [0.1, 0.15) is 0 Å². The summed E-state index contributed by atoms with van der Waals surface area (Å²) in [7, 11) is 0. The molecular formula is I6Tc. The van der Waals surface area contributed by atoms with Crippen molar-refractivity contribution in [1.82, 2.24) is 0 Å². The van der Waals surface area contributed by atoms with Gasteiger partial charge in [-0.3, -0.25) is 0 Å². The van der Waals surface area contributed by atoms with Crippen LogP contribution in [0.5, 0.6) is 0 Å². The van der Waals surface area contributed by atoms with Gasteiger partial charge in [0.1, 0.15) is 0 Å². The first kappa shape index (κ1) is 12.0. The molecule has 0 spiro atoms. The summed E-state index contributed by atoms with van der Waals surface area (Å²) in [5.74, 6) is 0. The van der Waals surface area contributed by atoms with Crippen molar-refractivity contribution in [3.05, 3.63) is 0 Å². The Labute approximate surface area is 105 Å². The topological polar surface area (TPSA) is 0 Å². The summed E-state index contributed by atoms with van der Waals surface area (Å²) in [6, 6.07) is 0. The molecular weight excluding hydrogens is 859 g/mol. The summed E-state index contributed by atoms with van der Waals surface area (Å²) in [5.41, 5.74) is 0. The SMILES string of the molecule is [I][Tc]([I])([I])([I])([I])[I]. The summed E-state index contributed by atoms with van der Waals surface area (Å²) in [6.07, 6.45) is 0. The maximum absolute atomic E-state index is 2.56. The van der Waals surface area contributed by atoms with E-state index in [0.717, 1.165) is 0 Å². The van der Waals surface area contributed by atoms with Crippen LogP contribution in [0.2, 0.25) is 0 Å². The van der Waals surface area contributed by atoms with Gasteiger partial charge in [0.15, 0.2) is 0 Å². The van der Waals surface area contributed by atoms with Gasteiger partial charge in [0, 0.05) is 0 Å². The van der Waals surface area contributed by atoms with Gasteiger partial charge in [-0.25, -0.2) is 0 Å². The van der Waals surface area contributed by atoms with Crippen molar-refractivity contribution in [2.24, 2.45) is 0 Å². The van der Waals surface area contributed by atoms with Crippen LogP contribution in [0, 0.1) is 0 Å². The van der Waals surface area contributed by atoms with Crippen LogP contribution < -0.4 is 0 Å². The van der Waals surface area contributed by atoms with Crippen LogP contribution in [-0.2, 0) is -8.61 Å². The first-order valence-corrected chi connectivity index (χ1v) is 34.0. The van der Waals surface area contributed by atoms with E-state index in [-0.39, 0.29) is 0 Å². The maximum atomic E-state index is 2.56. The number of hydrogen-bond donors (Lipinski definition) is 0. The van der Waals surface area contributed by atoms with Crippen molar-refractivity contribution >= 4 is 118 Å². The van der Waals surface area contributed by atoms with E-state index in [4.69, 9.17) is 0 Å². The molecule has 0 aromatic rings. The molecule has 0 aromatic heterocycles. The quantitative estimate of drug-likeness (QED) is 0.290. The summed E-state index contributed by atoms with van der Waals surface area (Å²) in [6.45, 7) is 0. The molecule has 7 heteroatoms. The zero-order valence-corrected chi connectivity index (χ0v) is 17.4. The second-order valence-electron chi connectivity index (χ2n) is 0.810. The van der Waals surface area contributed by atoms with Gasteiger partial charge >= 0.3 is 109 Å². The van der Waals surface area contributed by atoms with Gasteiger partial charge in [-0.15, -0.1) is 0 Å². The molecule has 0 radical (unpaired) electrons. The van der Waals surface area contributed by atoms with E-state index in [1.54, 1.807) is 0 Å². The summed E-state index contributed by atoms with van der Waals surface area (Å²) in [5, 5.41) is 0. The fourth-order valence-electron chi connectivity index (χ4n) is 0. The molecule has 0 atom stereocenters. The van der Waals surface area contributed by atoms with E-state index in [9.17, 15) is 0 Å². The first-order chi connectivity index (χ1) is 2.45. The Kier molecular flexibility index (Phi) is 4.75.